The van der Waals surface area contributed by atoms with Crippen molar-refractivity contribution in [1.82, 2.24) is 9.29 Å². The summed E-state index contributed by atoms with van der Waals surface area (Å²) in [5, 5.41) is 2.72. The Balaban J connectivity index is 1.47. The Morgan fingerprint density at radius 3 is 2.52 bits per heavy atom. The molecule has 2 heterocycles. The van der Waals surface area contributed by atoms with Crippen molar-refractivity contribution in [2.75, 3.05) is 31.1 Å². The van der Waals surface area contributed by atoms with E-state index in [1.54, 1.807) is 30.3 Å². The van der Waals surface area contributed by atoms with Gasteiger partial charge in [0, 0.05) is 41.6 Å². The second-order valence-corrected chi connectivity index (χ2v) is 10.5. The predicted octanol–water partition coefficient (Wildman–Crippen LogP) is 4.88. The Hall–Kier alpha value is -1.52. The predicted molar refractivity (Wildman–Crippen MR) is 118 cm³/mol. The fourth-order valence-electron chi connectivity index (χ4n) is 3.11. The minimum atomic E-state index is -3.56. The summed E-state index contributed by atoms with van der Waals surface area (Å²) in [5.41, 5.74) is 1.33. The van der Waals surface area contributed by atoms with E-state index in [-0.39, 0.29) is 9.92 Å². The third-order valence-corrected chi connectivity index (χ3v) is 8.79. The smallest absolute Gasteiger partial charge is 0.244 e. The van der Waals surface area contributed by atoms with Crippen LogP contribution in [0.1, 0.15) is 0 Å². The lowest BCUT2D eigenvalue weighted by atomic mass is 10.2. The van der Waals surface area contributed by atoms with Crippen LogP contribution in [0.25, 0.3) is 11.3 Å². The Morgan fingerprint density at radius 2 is 1.83 bits per heavy atom. The lowest BCUT2D eigenvalue weighted by molar-refractivity contribution is 0.384. The van der Waals surface area contributed by atoms with Crippen LogP contribution < -0.4 is 4.90 Å². The van der Waals surface area contributed by atoms with Crippen molar-refractivity contribution in [2.24, 2.45) is 0 Å². The highest BCUT2D eigenvalue weighted by Gasteiger charge is 2.30. The number of piperazine rings is 1. The number of sulfonamides is 1. The summed E-state index contributed by atoms with van der Waals surface area (Å²) in [5.74, 6) is -0.482. The van der Waals surface area contributed by atoms with E-state index in [1.807, 2.05) is 10.3 Å². The second-order valence-electron chi connectivity index (χ2n) is 6.47. The molecule has 0 aliphatic carbocycles. The molecule has 0 amide bonds. The lowest BCUT2D eigenvalue weighted by Gasteiger charge is -2.33. The molecule has 152 valence electrons. The molecule has 0 bridgehead atoms. The van der Waals surface area contributed by atoms with Gasteiger partial charge < -0.3 is 4.90 Å². The fourth-order valence-corrected chi connectivity index (χ4v) is 6.50. The van der Waals surface area contributed by atoms with Crippen molar-refractivity contribution < 1.29 is 12.8 Å². The number of nitrogens with zero attached hydrogens (tertiary/aromatic N) is 3. The zero-order valence-electron chi connectivity index (χ0n) is 15.1. The van der Waals surface area contributed by atoms with Gasteiger partial charge in [0.05, 0.1) is 15.6 Å². The number of rotatable bonds is 4. The number of halogens is 3. The van der Waals surface area contributed by atoms with E-state index in [2.05, 4.69) is 20.9 Å². The highest BCUT2D eigenvalue weighted by Crippen LogP contribution is 2.31. The van der Waals surface area contributed by atoms with E-state index < -0.39 is 15.8 Å². The maximum absolute atomic E-state index is 13.7. The average molecular weight is 517 g/mol. The molecule has 10 heteroatoms. The van der Waals surface area contributed by atoms with Crippen LogP contribution >= 0.6 is 38.9 Å². The van der Waals surface area contributed by atoms with Gasteiger partial charge >= 0.3 is 0 Å². The summed E-state index contributed by atoms with van der Waals surface area (Å²) in [7, 11) is -3.56. The number of hydrogen-bond acceptors (Lipinski definition) is 5. The maximum atomic E-state index is 13.7. The molecular formula is C19H16BrClFN3O2S2. The standard InChI is InChI=1S/C19H16BrClFN3O2S2/c20-14-3-1-2-4-18(14)29(26,27)25-9-7-24(8-10-25)19-23-17(12-28-19)13-5-6-15(21)16(22)11-13/h1-6,11-12H,7-10H2. The fraction of sp³-hybridized carbons (Fsp3) is 0.211. The van der Waals surface area contributed by atoms with Gasteiger partial charge in [0.1, 0.15) is 5.82 Å². The van der Waals surface area contributed by atoms with Gasteiger partial charge in [-0.2, -0.15) is 4.31 Å². The molecule has 0 spiro atoms. The molecular weight excluding hydrogens is 501 g/mol. The molecule has 29 heavy (non-hydrogen) atoms. The van der Waals surface area contributed by atoms with Crippen molar-refractivity contribution in [3.63, 3.8) is 0 Å². The quantitative estimate of drug-likeness (QED) is 0.496. The second kappa shape index (κ2) is 8.31. The molecule has 4 rings (SSSR count). The molecule has 0 saturated carbocycles. The first kappa shape index (κ1) is 20.7. The summed E-state index contributed by atoms with van der Waals surface area (Å²) in [6.07, 6.45) is 0. The first-order valence-electron chi connectivity index (χ1n) is 8.77. The molecule has 0 radical (unpaired) electrons. The van der Waals surface area contributed by atoms with Crippen LogP contribution in [0.15, 0.2) is 57.2 Å². The van der Waals surface area contributed by atoms with Crippen LogP contribution in [0, 0.1) is 5.82 Å². The molecule has 5 nitrogen and oxygen atoms in total. The third-order valence-electron chi connectivity index (χ3n) is 4.67. The van der Waals surface area contributed by atoms with Crippen molar-refractivity contribution in [3.8, 4) is 11.3 Å². The van der Waals surface area contributed by atoms with Gasteiger partial charge in [-0.05, 0) is 40.2 Å². The number of hydrogen-bond donors (Lipinski definition) is 0. The summed E-state index contributed by atoms with van der Waals surface area (Å²) >= 11 is 10.5. The summed E-state index contributed by atoms with van der Waals surface area (Å²) in [6.45, 7) is 1.81. The van der Waals surface area contributed by atoms with Crippen LogP contribution in [0.2, 0.25) is 5.02 Å². The summed E-state index contributed by atoms with van der Waals surface area (Å²) < 4.78 is 41.6. The molecule has 1 aliphatic heterocycles. The zero-order chi connectivity index (χ0) is 20.6. The molecule has 1 aromatic heterocycles. The molecule has 0 unspecified atom stereocenters. The molecule has 1 aliphatic rings. The molecule has 3 aromatic rings. The van der Waals surface area contributed by atoms with E-state index in [0.29, 0.717) is 41.9 Å². The first-order chi connectivity index (χ1) is 13.9. The molecule has 0 N–H and O–H groups in total. The molecule has 1 fully saturated rings. The van der Waals surface area contributed by atoms with E-state index in [4.69, 9.17) is 11.6 Å². The Bertz CT molecular complexity index is 1150. The van der Waals surface area contributed by atoms with Crippen molar-refractivity contribution >= 4 is 54.0 Å². The minimum absolute atomic E-state index is 0.0755. The number of thiazole rings is 1. The van der Waals surface area contributed by atoms with E-state index in [1.165, 1.54) is 27.8 Å². The Morgan fingerprint density at radius 1 is 1.10 bits per heavy atom. The first-order valence-corrected chi connectivity index (χ1v) is 12.3. The van der Waals surface area contributed by atoms with Crippen LogP contribution in [0.3, 0.4) is 0 Å². The van der Waals surface area contributed by atoms with Crippen molar-refractivity contribution in [2.45, 2.75) is 4.90 Å². The maximum Gasteiger partial charge on any atom is 0.244 e. The number of aromatic nitrogens is 1. The van der Waals surface area contributed by atoms with E-state index in [0.717, 1.165) is 5.13 Å². The third kappa shape index (κ3) is 4.20. The highest BCUT2D eigenvalue weighted by molar-refractivity contribution is 9.10. The van der Waals surface area contributed by atoms with Gasteiger partial charge in [0.2, 0.25) is 10.0 Å². The van der Waals surface area contributed by atoms with Gasteiger partial charge in [0.15, 0.2) is 5.13 Å². The van der Waals surface area contributed by atoms with Crippen LogP contribution in [-0.2, 0) is 10.0 Å². The Kier molecular flexibility index (Phi) is 5.94. The zero-order valence-corrected chi connectivity index (χ0v) is 19.0. The minimum Gasteiger partial charge on any atom is -0.345 e. The van der Waals surface area contributed by atoms with Gasteiger partial charge in [-0.1, -0.05) is 29.8 Å². The summed E-state index contributed by atoms with van der Waals surface area (Å²) in [4.78, 5) is 6.91. The van der Waals surface area contributed by atoms with Gasteiger partial charge in [-0.25, -0.2) is 17.8 Å². The van der Waals surface area contributed by atoms with Crippen molar-refractivity contribution in [1.29, 1.82) is 0 Å². The number of benzene rings is 2. The SMILES string of the molecule is O=S(=O)(c1ccccc1Br)N1CCN(c2nc(-c3ccc(Cl)c(F)c3)cs2)CC1. The average Bonchev–Trinajstić information content (AvgIpc) is 3.20. The number of anilines is 1. The highest BCUT2D eigenvalue weighted by atomic mass is 79.9. The largest absolute Gasteiger partial charge is 0.345 e. The van der Waals surface area contributed by atoms with Crippen LogP contribution in [-0.4, -0.2) is 43.9 Å². The van der Waals surface area contributed by atoms with Gasteiger partial charge in [-0.3, -0.25) is 0 Å². The van der Waals surface area contributed by atoms with Crippen LogP contribution in [0.4, 0.5) is 9.52 Å². The van der Waals surface area contributed by atoms with Gasteiger partial charge in [0.25, 0.3) is 0 Å². The lowest BCUT2D eigenvalue weighted by Crippen LogP contribution is -2.48. The molecule has 1 saturated heterocycles. The van der Waals surface area contributed by atoms with Crippen LogP contribution in [0.5, 0.6) is 0 Å². The summed E-state index contributed by atoms with van der Waals surface area (Å²) in [6, 6.07) is 11.4. The van der Waals surface area contributed by atoms with E-state index in [9.17, 15) is 12.8 Å². The van der Waals surface area contributed by atoms with Gasteiger partial charge in [-0.15, -0.1) is 11.3 Å². The normalized spacial score (nSPS) is 15.6. The molecule has 0 atom stereocenters. The molecule has 2 aromatic carbocycles. The topological polar surface area (TPSA) is 53.5 Å². The van der Waals surface area contributed by atoms with Crippen molar-refractivity contribution in [3.05, 3.63) is 63.2 Å². The Labute approximate surface area is 185 Å². The monoisotopic (exact) mass is 515 g/mol. The van der Waals surface area contributed by atoms with E-state index >= 15 is 0 Å².